The monoisotopic (exact) mass is 359 g/mol. The third-order valence-electron chi connectivity index (χ3n) is 2.82. The smallest absolute Gasteiger partial charge is 0.258 e. The molecular formula is C14H19BrFN3O2. The molecule has 0 aliphatic heterocycles. The maximum absolute atomic E-state index is 13.9. The van der Waals surface area contributed by atoms with Gasteiger partial charge >= 0.3 is 0 Å². The van der Waals surface area contributed by atoms with Crippen LogP contribution in [0, 0.1) is 11.7 Å². The molecule has 21 heavy (non-hydrogen) atoms. The van der Waals surface area contributed by atoms with Gasteiger partial charge in [-0.05, 0) is 34.0 Å². The fraction of sp³-hybridized carbons (Fsp3) is 0.429. The first kappa shape index (κ1) is 17.4. The lowest BCUT2D eigenvalue weighted by atomic mass is 10.1. The Balaban J connectivity index is 2.99. The summed E-state index contributed by atoms with van der Waals surface area (Å²) in [5.41, 5.74) is 5.43. The molecule has 1 rings (SSSR count). The van der Waals surface area contributed by atoms with Gasteiger partial charge in [0.1, 0.15) is 11.7 Å². The Bertz CT molecular complexity index is 515. The van der Waals surface area contributed by atoms with Crippen LogP contribution in [0.5, 0.6) is 0 Å². The minimum atomic E-state index is -0.577. The second-order valence-electron chi connectivity index (χ2n) is 5.08. The number of rotatable bonds is 6. The maximum Gasteiger partial charge on any atom is 0.258 e. The summed E-state index contributed by atoms with van der Waals surface area (Å²) >= 11 is 3.20. The number of halogens is 2. The Labute approximate surface area is 131 Å². The zero-order valence-electron chi connectivity index (χ0n) is 12.0. The Morgan fingerprint density at radius 2 is 2.19 bits per heavy atom. The highest BCUT2D eigenvalue weighted by Crippen LogP contribution is 2.22. The summed E-state index contributed by atoms with van der Waals surface area (Å²) < 4.78 is 14.3. The second-order valence-corrected chi connectivity index (χ2v) is 5.94. The Kier molecular flexibility index (Phi) is 6.61. The summed E-state index contributed by atoms with van der Waals surface area (Å²) in [5.74, 6) is -0.748. The summed E-state index contributed by atoms with van der Waals surface area (Å²) in [7, 11) is 0. The van der Waals surface area contributed by atoms with Gasteiger partial charge in [-0.1, -0.05) is 25.1 Å². The van der Waals surface area contributed by atoms with E-state index >= 15 is 0 Å². The van der Waals surface area contributed by atoms with Gasteiger partial charge in [-0.25, -0.2) is 4.39 Å². The number of carbonyl (C=O) groups excluding carboxylic acids is 1. The van der Waals surface area contributed by atoms with E-state index in [1.54, 1.807) is 6.07 Å². The molecule has 1 aromatic carbocycles. The molecule has 0 radical (unpaired) electrons. The first-order valence-corrected chi connectivity index (χ1v) is 7.35. The molecule has 0 unspecified atom stereocenters. The number of hydrogen-bond donors (Lipinski definition) is 2. The molecule has 0 aliphatic rings. The van der Waals surface area contributed by atoms with E-state index in [4.69, 9.17) is 10.9 Å². The molecule has 0 spiro atoms. The SMILES string of the molecule is CC(C)CN(CC/C(N)=N/O)C(=O)c1c(F)cccc1Br. The van der Waals surface area contributed by atoms with E-state index in [9.17, 15) is 9.18 Å². The van der Waals surface area contributed by atoms with E-state index in [1.165, 1.54) is 17.0 Å². The quantitative estimate of drug-likeness (QED) is 0.354. The van der Waals surface area contributed by atoms with Crippen molar-refractivity contribution in [2.45, 2.75) is 20.3 Å². The average molecular weight is 360 g/mol. The van der Waals surface area contributed by atoms with Gasteiger partial charge in [0.05, 0.1) is 5.56 Å². The van der Waals surface area contributed by atoms with E-state index in [2.05, 4.69) is 21.1 Å². The summed E-state index contributed by atoms with van der Waals surface area (Å²) in [6.07, 6.45) is 0.223. The van der Waals surface area contributed by atoms with Crippen LogP contribution in [0.25, 0.3) is 0 Å². The van der Waals surface area contributed by atoms with Crippen molar-refractivity contribution in [1.82, 2.24) is 4.90 Å². The van der Waals surface area contributed by atoms with Crippen LogP contribution < -0.4 is 5.73 Å². The molecule has 0 aliphatic carbocycles. The Morgan fingerprint density at radius 3 is 2.71 bits per heavy atom. The van der Waals surface area contributed by atoms with Gasteiger partial charge in [-0.15, -0.1) is 0 Å². The van der Waals surface area contributed by atoms with Crippen LogP contribution in [0.2, 0.25) is 0 Å². The normalized spacial score (nSPS) is 11.8. The predicted octanol–water partition coefficient (Wildman–Crippen LogP) is 2.82. The largest absolute Gasteiger partial charge is 0.409 e. The highest BCUT2D eigenvalue weighted by molar-refractivity contribution is 9.10. The lowest BCUT2D eigenvalue weighted by Crippen LogP contribution is -2.37. The van der Waals surface area contributed by atoms with E-state index in [0.29, 0.717) is 11.0 Å². The van der Waals surface area contributed by atoms with Gasteiger partial charge in [-0.3, -0.25) is 4.79 Å². The van der Waals surface area contributed by atoms with Crippen LogP contribution in [0.3, 0.4) is 0 Å². The lowest BCUT2D eigenvalue weighted by molar-refractivity contribution is 0.0735. The first-order valence-electron chi connectivity index (χ1n) is 6.56. The van der Waals surface area contributed by atoms with Crippen molar-refractivity contribution in [3.05, 3.63) is 34.1 Å². The minimum absolute atomic E-state index is 0.00217. The van der Waals surface area contributed by atoms with E-state index in [-0.39, 0.29) is 30.3 Å². The highest BCUT2D eigenvalue weighted by Gasteiger charge is 2.22. The summed E-state index contributed by atoms with van der Waals surface area (Å²) in [6, 6.07) is 4.39. The van der Waals surface area contributed by atoms with Gasteiger partial charge in [0.15, 0.2) is 0 Å². The van der Waals surface area contributed by atoms with Gasteiger partial charge < -0.3 is 15.8 Å². The van der Waals surface area contributed by atoms with Crippen LogP contribution in [0.15, 0.2) is 27.8 Å². The fourth-order valence-electron chi connectivity index (χ4n) is 1.88. The Morgan fingerprint density at radius 1 is 1.52 bits per heavy atom. The number of amidine groups is 1. The molecule has 7 heteroatoms. The third kappa shape index (κ3) is 5.00. The molecule has 116 valence electrons. The number of hydrogen-bond acceptors (Lipinski definition) is 3. The number of nitrogens with two attached hydrogens (primary N) is 1. The zero-order valence-corrected chi connectivity index (χ0v) is 13.6. The molecule has 0 heterocycles. The molecule has 1 aromatic rings. The number of oxime groups is 1. The summed E-state index contributed by atoms with van der Waals surface area (Å²) in [5, 5.41) is 11.4. The van der Waals surface area contributed by atoms with E-state index in [1.807, 2.05) is 13.8 Å². The third-order valence-corrected chi connectivity index (χ3v) is 3.48. The first-order chi connectivity index (χ1) is 9.86. The fourth-order valence-corrected chi connectivity index (χ4v) is 2.39. The number of benzene rings is 1. The van der Waals surface area contributed by atoms with Gasteiger partial charge in [0.2, 0.25) is 0 Å². The standard InChI is InChI=1S/C14H19BrFN3O2/c1-9(2)8-19(7-6-12(17)18-21)14(20)13-10(15)4-3-5-11(13)16/h3-5,9,21H,6-8H2,1-2H3,(H2,17,18). The maximum atomic E-state index is 13.9. The molecular weight excluding hydrogens is 341 g/mol. The summed E-state index contributed by atoms with van der Waals surface area (Å²) in [6.45, 7) is 4.63. The zero-order chi connectivity index (χ0) is 16.0. The van der Waals surface area contributed by atoms with Crippen LogP contribution in [0.4, 0.5) is 4.39 Å². The molecule has 3 N–H and O–H groups in total. The Hall–Kier alpha value is -1.63. The van der Waals surface area contributed by atoms with Crippen LogP contribution in [-0.2, 0) is 0 Å². The van der Waals surface area contributed by atoms with Crippen LogP contribution >= 0.6 is 15.9 Å². The number of amides is 1. The topological polar surface area (TPSA) is 78.9 Å². The molecule has 0 saturated heterocycles. The summed E-state index contributed by atoms with van der Waals surface area (Å²) in [4.78, 5) is 14.0. The molecule has 1 amide bonds. The number of nitrogens with zero attached hydrogens (tertiary/aromatic N) is 2. The lowest BCUT2D eigenvalue weighted by Gasteiger charge is -2.25. The molecule has 0 fully saturated rings. The van der Waals surface area contributed by atoms with Crippen molar-refractivity contribution < 1.29 is 14.4 Å². The van der Waals surface area contributed by atoms with Gasteiger partial charge in [-0.2, -0.15) is 0 Å². The minimum Gasteiger partial charge on any atom is -0.409 e. The highest BCUT2D eigenvalue weighted by atomic mass is 79.9. The van der Waals surface area contributed by atoms with Crippen molar-refractivity contribution in [2.24, 2.45) is 16.8 Å². The van der Waals surface area contributed by atoms with Gasteiger partial charge in [0, 0.05) is 24.0 Å². The van der Waals surface area contributed by atoms with Crippen molar-refractivity contribution in [3.63, 3.8) is 0 Å². The second kappa shape index (κ2) is 7.97. The molecule has 0 aromatic heterocycles. The van der Waals surface area contributed by atoms with Crippen molar-refractivity contribution in [2.75, 3.05) is 13.1 Å². The van der Waals surface area contributed by atoms with Crippen molar-refractivity contribution in [1.29, 1.82) is 0 Å². The predicted molar refractivity (Wildman–Crippen MR) is 82.9 cm³/mol. The molecule has 0 atom stereocenters. The molecule has 5 nitrogen and oxygen atoms in total. The van der Waals surface area contributed by atoms with E-state index in [0.717, 1.165) is 0 Å². The number of carbonyl (C=O) groups is 1. The van der Waals surface area contributed by atoms with Crippen molar-refractivity contribution in [3.8, 4) is 0 Å². The van der Waals surface area contributed by atoms with Crippen molar-refractivity contribution >= 4 is 27.7 Å². The molecule has 0 bridgehead atoms. The van der Waals surface area contributed by atoms with Crippen LogP contribution in [-0.4, -0.2) is 34.9 Å². The van der Waals surface area contributed by atoms with E-state index < -0.39 is 11.7 Å². The van der Waals surface area contributed by atoms with Gasteiger partial charge in [0.25, 0.3) is 5.91 Å². The van der Waals surface area contributed by atoms with Crippen LogP contribution in [0.1, 0.15) is 30.6 Å². The average Bonchev–Trinajstić information content (AvgIpc) is 2.42. The molecule has 0 saturated carbocycles.